The zero-order valence-electron chi connectivity index (χ0n) is 12.4. The van der Waals surface area contributed by atoms with E-state index in [9.17, 15) is 9.59 Å². The highest BCUT2D eigenvalue weighted by molar-refractivity contribution is 7.12. The van der Waals surface area contributed by atoms with Gasteiger partial charge in [-0.2, -0.15) is 0 Å². The number of carbonyl (C=O) groups is 2. The molecule has 0 bridgehead atoms. The molecule has 5 heteroatoms. The van der Waals surface area contributed by atoms with Crippen molar-refractivity contribution in [1.82, 2.24) is 5.32 Å². The van der Waals surface area contributed by atoms with Crippen molar-refractivity contribution in [2.45, 2.75) is 39.2 Å². The molecule has 1 aromatic rings. The fourth-order valence-electron chi connectivity index (χ4n) is 2.57. The third kappa shape index (κ3) is 4.25. The van der Waals surface area contributed by atoms with Crippen LogP contribution >= 0.6 is 11.3 Å². The predicted octanol–water partition coefficient (Wildman–Crippen LogP) is 2.38. The number of amides is 1. The number of carbonyl (C=O) groups excluding carboxylic acids is 2. The van der Waals surface area contributed by atoms with Crippen molar-refractivity contribution in [3.63, 3.8) is 0 Å². The van der Waals surface area contributed by atoms with Crippen LogP contribution in [0.2, 0.25) is 0 Å². The van der Waals surface area contributed by atoms with Crippen LogP contribution in [-0.2, 0) is 4.79 Å². The first kappa shape index (κ1) is 15.9. The summed E-state index contributed by atoms with van der Waals surface area (Å²) in [4.78, 5) is 26.1. The third-order valence-corrected chi connectivity index (χ3v) is 4.64. The Labute approximate surface area is 128 Å². The molecule has 0 saturated heterocycles. The van der Waals surface area contributed by atoms with Crippen LogP contribution in [0.3, 0.4) is 0 Å². The number of Topliss-reactive ketones (excluding diaryl/α,β-unsaturated/α-hetero) is 1. The molecule has 114 valence electrons. The molecular weight excluding hydrogens is 286 g/mol. The van der Waals surface area contributed by atoms with Crippen LogP contribution in [0.15, 0.2) is 18.2 Å². The van der Waals surface area contributed by atoms with E-state index in [0.717, 1.165) is 21.7 Å². The van der Waals surface area contributed by atoms with Gasteiger partial charge in [0.15, 0.2) is 5.78 Å². The largest absolute Gasteiger partial charge is 0.396 e. The van der Waals surface area contributed by atoms with E-state index in [1.807, 2.05) is 32.1 Å². The molecule has 1 aliphatic carbocycles. The molecule has 0 fully saturated rings. The topological polar surface area (TPSA) is 66.4 Å². The van der Waals surface area contributed by atoms with E-state index >= 15 is 0 Å². The van der Waals surface area contributed by atoms with Crippen molar-refractivity contribution >= 4 is 23.0 Å². The Bertz CT molecular complexity index is 562. The molecule has 0 aliphatic heterocycles. The first-order chi connectivity index (χ1) is 9.99. The number of hydrogen-bond acceptors (Lipinski definition) is 4. The second kappa shape index (κ2) is 7.00. The fraction of sp³-hybridized carbons (Fsp3) is 0.500. The highest BCUT2D eigenvalue weighted by Crippen LogP contribution is 2.22. The van der Waals surface area contributed by atoms with Gasteiger partial charge in [-0.1, -0.05) is 12.2 Å². The minimum absolute atomic E-state index is 0.0186. The van der Waals surface area contributed by atoms with Crippen molar-refractivity contribution in [2.75, 3.05) is 6.61 Å². The number of ketones is 1. The number of aliphatic hydroxyl groups is 1. The van der Waals surface area contributed by atoms with Gasteiger partial charge in [0.2, 0.25) is 5.91 Å². The molecular formula is C16H21NO3S. The van der Waals surface area contributed by atoms with Crippen molar-refractivity contribution in [3.05, 3.63) is 33.5 Å². The smallest absolute Gasteiger partial charge is 0.220 e. The molecule has 0 saturated carbocycles. The maximum Gasteiger partial charge on any atom is 0.220 e. The van der Waals surface area contributed by atoms with Gasteiger partial charge < -0.3 is 10.4 Å². The first-order valence-electron chi connectivity index (χ1n) is 7.18. The number of aryl methyl sites for hydroxylation is 2. The molecule has 21 heavy (non-hydrogen) atoms. The quantitative estimate of drug-likeness (QED) is 0.626. The Balaban J connectivity index is 1.78. The van der Waals surface area contributed by atoms with Gasteiger partial charge in [-0.3, -0.25) is 9.59 Å². The van der Waals surface area contributed by atoms with Gasteiger partial charge in [0, 0.05) is 46.7 Å². The van der Waals surface area contributed by atoms with E-state index < -0.39 is 0 Å². The van der Waals surface area contributed by atoms with Gasteiger partial charge >= 0.3 is 0 Å². The van der Waals surface area contributed by atoms with E-state index in [2.05, 4.69) is 5.32 Å². The van der Waals surface area contributed by atoms with Crippen LogP contribution in [0.1, 0.15) is 39.4 Å². The number of aliphatic hydroxyl groups excluding tert-OH is 1. The average Bonchev–Trinajstić information content (AvgIpc) is 3.02. The van der Waals surface area contributed by atoms with Gasteiger partial charge in [-0.05, 0) is 26.3 Å². The van der Waals surface area contributed by atoms with E-state index in [1.165, 1.54) is 0 Å². The van der Waals surface area contributed by atoms with Gasteiger partial charge in [0.1, 0.15) is 0 Å². The maximum absolute atomic E-state index is 12.1. The summed E-state index contributed by atoms with van der Waals surface area (Å²) in [5.41, 5.74) is 0.742. The van der Waals surface area contributed by atoms with Crippen molar-refractivity contribution < 1.29 is 14.7 Å². The standard InChI is InChI=1S/C16H21NO3S/c1-10-7-14(11(2)21-10)15(19)5-6-16(20)17-13-4-3-12(8-13)9-18/h3-4,7,12-13,18H,5-6,8-9H2,1-2H3,(H,17,20)/t12-,13+/m0/s1. The minimum atomic E-state index is -0.110. The van der Waals surface area contributed by atoms with Crippen LogP contribution in [-0.4, -0.2) is 29.4 Å². The molecule has 2 rings (SSSR count). The van der Waals surface area contributed by atoms with E-state index in [0.29, 0.717) is 0 Å². The van der Waals surface area contributed by atoms with E-state index in [4.69, 9.17) is 5.11 Å². The minimum Gasteiger partial charge on any atom is -0.396 e. The second-order valence-electron chi connectivity index (χ2n) is 5.49. The Morgan fingerprint density at radius 2 is 2.10 bits per heavy atom. The Hall–Kier alpha value is -1.46. The van der Waals surface area contributed by atoms with Crippen LogP contribution < -0.4 is 5.32 Å². The number of rotatable bonds is 6. The maximum atomic E-state index is 12.1. The second-order valence-corrected chi connectivity index (χ2v) is 6.95. The molecule has 1 heterocycles. The molecule has 1 aromatic heterocycles. The Kier molecular flexibility index (Phi) is 5.31. The lowest BCUT2D eigenvalue weighted by molar-refractivity contribution is -0.121. The van der Waals surface area contributed by atoms with Crippen LogP contribution in [0, 0.1) is 19.8 Å². The molecule has 1 aliphatic rings. The monoisotopic (exact) mass is 307 g/mol. The molecule has 0 unspecified atom stereocenters. The zero-order chi connectivity index (χ0) is 15.4. The van der Waals surface area contributed by atoms with Gasteiger partial charge in [0.25, 0.3) is 0 Å². The summed E-state index contributed by atoms with van der Waals surface area (Å²) < 4.78 is 0. The summed E-state index contributed by atoms with van der Waals surface area (Å²) in [5, 5.41) is 11.9. The molecule has 0 radical (unpaired) electrons. The van der Waals surface area contributed by atoms with Crippen molar-refractivity contribution in [1.29, 1.82) is 0 Å². The lowest BCUT2D eigenvalue weighted by Gasteiger charge is -2.12. The highest BCUT2D eigenvalue weighted by atomic mass is 32.1. The molecule has 2 atom stereocenters. The number of hydrogen-bond donors (Lipinski definition) is 2. The van der Waals surface area contributed by atoms with Crippen LogP contribution in [0.25, 0.3) is 0 Å². The fourth-order valence-corrected chi connectivity index (χ4v) is 3.51. The average molecular weight is 307 g/mol. The van der Waals surface area contributed by atoms with Crippen molar-refractivity contribution in [2.24, 2.45) is 5.92 Å². The summed E-state index contributed by atoms with van der Waals surface area (Å²) in [5.74, 6) is 0.0526. The third-order valence-electron chi connectivity index (χ3n) is 3.67. The molecule has 4 nitrogen and oxygen atoms in total. The van der Waals surface area contributed by atoms with Gasteiger partial charge in [-0.15, -0.1) is 11.3 Å². The van der Waals surface area contributed by atoms with Gasteiger partial charge in [-0.25, -0.2) is 0 Å². The molecule has 2 N–H and O–H groups in total. The highest BCUT2D eigenvalue weighted by Gasteiger charge is 2.20. The number of nitrogens with one attached hydrogen (secondary N) is 1. The van der Waals surface area contributed by atoms with Crippen LogP contribution in [0.5, 0.6) is 0 Å². The summed E-state index contributed by atoms with van der Waals surface area (Å²) in [7, 11) is 0. The Morgan fingerprint density at radius 3 is 2.67 bits per heavy atom. The van der Waals surface area contributed by atoms with Crippen LogP contribution in [0.4, 0.5) is 0 Å². The summed E-state index contributed by atoms with van der Waals surface area (Å²) in [6, 6.07) is 1.88. The normalized spacial score (nSPS) is 20.7. The summed E-state index contributed by atoms with van der Waals surface area (Å²) >= 11 is 1.61. The summed E-state index contributed by atoms with van der Waals surface area (Å²) in [6.07, 6.45) is 5.02. The summed E-state index contributed by atoms with van der Waals surface area (Å²) in [6.45, 7) is 4.02. The molecule has 0 aromatic carbocycles. The van der Waals surface area contributed by atoms with E-state index in [1.54, 1.807) is 11.3 Å². The van der Waals surface area contributed by atoms with E-state index in [-0.39, 0.29) is 43.1 Å². The molecule has 0 spiro atoms. The number of thiophene rings is 1. The van der Waals surface area contributed by atoms with Crippen molar-refractivity contribution in [3.8, 4) is 0 Å². The lowest BCUT2D eigenvalue weighted by Crippen LogP contribution is -2.33. The Morgan fingerprint density at radius 1 is 1.33 bits per heavy atom. The van der Waals surface area contributed by atoms with Gasteiger partial charge in [0.05, 0.1) is 0 Å². The lowest BCUT2D eigenvalue weighted by atomic mass is 10.1. The SMILES string of the molecule is Cc1cc(C(=O)CCC(=O)N[C@@H]2C=C[C@H](CO)C2)c(C)s1. The molecule has 1 amide bonds. The first-order valence-corrected chi connectivity index (χ1v) is 8.00. The zero-order valence-corrected chi connectivity index (χ0v) is 13.2. The predicted molar refractivity (Wildman–Crippen MR) is 83.6 cm³/mol.